The van der Waals surface area contributed by atoms with Gasteiger partial charge in [0.25, 0.3) is 0 Å². The summed E-state index contributed by atoms with van der Waals surface area (Å²) in [6.45, 7) is 0. The number of rotatable bonds is 4. The molecule has 6 aliphatic heterocycles. The van der Waals surface area contributed by atoms with Gasteiger partial charge in [0.1, 0.15) is 12.5 Å². The molecule has 8 unspecified atom stereocenters. The summed E-state index contributed by atoms with van der Waals surface area (Å²) in [5.41, 5.74) is 2.31. The van der Waals surface area contributed by atoms with Crippen molar-refractivity contribution in [1.82, 2.24) is 0 Å². The number of para-hydroxylation sites is 2. The summed E-state index contributed by atoms with van der Waals surface area (Å²) in [6.07, 6.45) is 1.60. The van der Waals surface area contributed by atoms with Gasteiger partial charge in [0.2, 0.25) is 0 Å². The Kier molecular flexibility index (Phi) is 3.37. The van der Waals surface area contributed by atoms with Crippen molar-refractivity contribution < 1.29 is 18.9 Å². The molecular weight excluding hydrogens is 380 g/mol. The van der Waals surface area contributed by atoms with Gasteiger partial charge in [0.15, 0.2) is 11.6 Å². The van der Waals surface area contributed by atoms with Crippen LogP contribution in [0.15, 0.2) is 60.7 Å². The predicted octanol–water partition coefficient (Wildman–Crippen LogP) is 3.19. The molecule has 9 rings (SSSR count). The Balaban J connectivity index is 1.41. The van der Waals surface area contributed by atoms with Crippen molar-refractivity contribution in [2.24, 2.45) is 11.8 Å². The largest absolute Gasteiger partial charge is 0.351 e. The van der Waals surface area contributed by atoms with E-state index >= 15 is 0 Å². The van der Waals surface area contributed by atoms with E-state index < -0.39 is 11.6 Å². The number of hydrogen-bond donors (Lipinski definition) is 0. The second kappa shape index (κ2) is 5.77. The van der Waals surface area contributed by atoms with E-state index in [9.17, 15) is 0 Å². The van der Waals surface area contributed by atoms with Crippen LogP contribution in [-0.2, 0) is 18.9 Å². The first kappa shape index (κ1) is 17.5. The first-order valence-electron chi connectivity index (χ1n) is 10.9. The molecule has 156 valence electrons. The lowest BCUT2D eigenvalue weighted by molar-refractivity contribution is -0.472. The van der Waals surface area contributed by atoms with Gasteiger partial charge in [-0.1, -0.05) is 36.4 Å². The standard InChI is InChI=1S/C24H26N2O4/c1-27-23-17-13-20-25(15-9-5-3-6-10-15)21(23)18-14-19(29-23)26(16-11-7-4-8-12-16)22(17)24(18,28-2)30-20/h3-12,17-22H,13-14H2,1-2H3. The molecule has 8 atom stereocenters. The molecule has 0 aromatic heterocycles. The van der Waals surface area contributed by atoms with Gasteiger partial charge in [-0.3, -0.25) is 0 Å². The number of ether oxygens (including phenoxy) is 4. The number of anilines is 2. The second-order valence-electron chi connectivity index (χ2n) is 9.06. The van der Waals surface area contributed by atoms with Crippen LogP contribution >= 0.6 is 0 Å². The highest BCUT2D eigenvalue weighted by atomic mass is 16.7. The first-order valence-corrected chi connectivity index (χ1v) is 10.9. The molecule has 30 heavy (non-hydrogen) atoms. The van der Waals surface area contributed by atoms with E-state index in [1.54, 1.807) is 14.2 Å². The SMILES string of the molecule is COC12OC3CC4C1N(c1ccccc1)C1CC2C(N3c2ccccc2)C4(OC)O1. The van der Waals surface area contributed by atoms with Crippen LogP contribution < -0.4 is 9.80 Å². The molecule has 6 nitrogen and oxygen atoms in total. The van der Waals surface area contributed by atoms with E-state index in [4.69, 9.17) is 18.9 Å². The maximum Gasteiger partial charge on any atom is 0.196 e. The molecule has 1 saturated carbocycles. The fourth-order valence-corrected chi connectivity index (χ4v) is 7.26. The van der Waals surface area contributed by atoms with Gasteiger partial charge in [0, 0.05) is 50.3 Å². The van der Waals surface area contributed by atoms with Gasteiger partial charge in [-0.05, 0) is 24.3 Å². The van der Waals surface area contributed by atoms with Gasteiger partial charge in [-0.2, -0.15) is 0 Å². The predicted molar refractivity (Wildman–Crippen MR) is 111 cm³/mol. The molecule has 1 aliphatic carbocycles. The normalized spacial score (nSPS) is 44.9. The highest BCUT2D eigenvalue weighted by molar-refractivity contribution is 5.57. The lowest BCUT2D eigenvalue weighted by Gasteiger charge is -2.79. The monoisotopic (exact) mass is 406 g/mol. The summed E-state index contributed by atoms with van der Waals surface area (Å²) < 4.78 is 26.3. The Morgan fingerprint density at radius 1 is 0.700 bits per heavy atom. The fourth-order valence-electron chi connectivity index (χ4n) is 7.26. The minimum Gasteiger partial charge on any atom is -0.351 e. The van der Waals surface area contributed by atoms with Crippen molar-refractivity contribution >= 4 is 11.4 Å². The highest BCUT2D eigenvalue weighted by Crippen LogP contribution is 2.68. The molecule has 6 heteroatoms. The lowest BCUT2D eigenvalue weighted by atomic mass is 9.55. The van der Waals surface area contributed by atoms with E-state index in [2.05, 4.69) is 70.5 Å². The van der Waals surface area contributed by atoms with E-state index in [1.165, 1.54) is 0 Å². The number of nitrogens with zero attached hydrogens (tertiary/aromatic N) is 2. The van der Waals surface area contributed by atoms with E-state index in [0.717, 1.165) is 24.2 Å². The fraction of sp³-hybridized carbons (Fsp3) is 0.500. The summed E-state index contributed by atoms with van der Waals surface area (Å²) >= 11 is 0. The summed E-state index contributed by atoms with van der Waals surface area (Å²) in [4.78, 5) is 4.79. The van der Waals surface area contributed by atoms with Gasteiger partial charge in [-0.25, -0.2) is 0 Å². The Bertz CT molecular complexity index is 894. The zero-order chi connectivity index (χ0) is 20.1. The average Bonchev–Trinajstić information content (AvgIpc) is 2.82. The molecule has 8 bridgehead atoms. The van der Waals surface area contributed by atoms with E-state index in [-0.39, 0.29) is 36.4 Å². The van der Waals surface area contributed by atoms with Crippen molar-refractivity contribution in [3.8, 4) is 0 Å². The van der Waals surface area contributed by atoms with Gasteiger partial charge in [-0.15, -0.1) is 0 Å². The quantitative estimate of drug-likeness (QED) is 0.777. The van der Waals surface area contributed by atoms with Crippen LogP contribution in [0, 0.1) is 11.8 Å². The molecule has 2 aromatic rings. The number of methoxy groups -OCH3 is 2. The topological polar surface area (TPSA) is 43.4 Å². The van der Waals surface area contributed by atoms with Gasteiger partial charge in [0.05, 0.1) is 12.1 Å². The molecule has 0 spiro atoms. The van der Waals surface area contributed by atoms with Gasteiger partial charge < -0.3 is 28.7 Å². The van der Waals surface area contributed by atoms with Crippen molar-refractivity contribution in [2.75, 3.05) is 24.0 Å². The van der Waals surface area contributed by atoms with E-state index in [0.29, 0.717) is 0 Å². The first-order chi connectivity index (χ1) is 14.7. The van der Waals surface area contributed by atoms with Crippen LogP contribution in [0.3, 0.4) is 0 Å². The van der Waals surface area contributed by atoms with Crippen molar-refractivity contribution in [1.29, 1.82) is 0 Å². The zero-order valence-electron chi connectivity index (χ0n) is 17.2. The highest BCUT2D eigenvalue weighted by Gasteiger charge is 2.83. The average molecular weight is 406 g/mol. The number of benzene rings is 2. The molecule has 7 fully saturated rings. The molecular formula is C24H26N2O4. The molecule has 6 saturated heterocycles. The Morgan fingerprint density at radius 3 is 1.47 bits per heavy atom. The summed E-state index contributed by atoms with van der Waals surface area (Å²) in [5.74, 6) is -0.970. The minimum absolute atomic E-state index is 0.0472. The van der Waals surface area contributed by atoms with Crippen LogP contribution in [0.1, 0.15) is 12.8 Å². The summed E-state index contributed by atoms with van der Waals surface area (Å²) in [7, 11) is 3.61. The zero-order valence-corrected chi connectivity index (χ0v) is 17.2. The van der Waals surface area contributed by atoms with Crippen LogP contribution in [-0.4, -0.2) is 50.3 Å². The van der Waals surface area contributed by atoms with Crippen LogP contribution in [0.25, 0.3) is 0 Å². The third kappa shape index (κ3) is 1.82. The van der Waals surface area contributed by atoms with Crippen molar-refractivity contribution in [3.63, 3.8) is 0 Å². The third-order valence-electron chi connectivity index (χ3n) is 8.14. The minimum atomic E-state index is -0.651. The van der Waals surface area contributed by atoms with E-state index in [1.807, 2.05) is 0 Å². The molecule has 0 amide bonds. The molecule has 0 radical (unpaired) electrons. The molecule has 7 aliphatic rings. The maximum atomic E-state index is 6.86. The lowest BCUT2D eigenvalue weighted by Crippen LogP contribution is -2.94. The molecule has 2 aromatic carbocycles. The molecule has 0 N–H and O–H groups in total. The molecule has 6 heterocycles. The van der Waals surface area contributed by atoms with Crippen molar-refractivity contribution in [2.45, 2.75) is 49.0 Å². The summed E-state index contributed by atoms with van der Waals surface area (Å²) in [5, 5.41) is 0. The van der Waals surface area contributed by atoms with Gasteiger partial charge >= 0.3 is 0 Å². The van der Waals surface area contributed by atoms with Crippen molar-refractivity contribution in [3.05, 3.63) is 60.7 Å². The smallest absolute Gasteiger partial charge is 0.196 e. The number of hydrogen-bond acceptors (Lipinski definition) is 6. The van der Waals surface area contributed by atoms with Crippen LogP contribution in [0.4, 0.5) is 11.4 Å². The Hall–Kier alpha value is -2.12. The Labute approximate surface area is 176 Å². The third-order valence-corrected chi connectivity index (χ3v) is 8.14. The van der Waals surface area contributed by atoms with Crippen LogP contribution in [0.5, 0.6) is 0 Å². The second-order valence-corrected chi connectivity index (χ2v) is 9.06. The maximum absolute atomic E-state index is 6.86. The number of piperidine rings is 2. The summed E-state index contributed by atoms with van der Waals surface area (Å²) in [6, 6.07) is 21.2. The Morgan fingerprint density at radius 2 is 1.10 bits per heavy atom. The van der Waals surface area contributed by atoms with Crippen LogP contribution in [0.2, 0.25) is 0 Å².